The van der Waals surface area contributed by atoms with Gasteiger partial charge < -0.3 is 0 Å². The molecule has 1 aromatic carbocycles. The fourth-order valence-electron chi connectivity index (χ4n) is 1.38. The summed E-state index contributed by atoms with van der Waals surface area (Å²) < 4.78 is 12.7. The van der Waals surface area contributed by atoms with E-state index in [1.165, 1.54) is 12.1 Å². The Labute approximate surface area is 86.4 Å². The second-order valence-corrected chi connectivity index (χ2v) is 3.09. The minimum absolute atomic E-state index is 0.296. The Morgan fingerprint density at radius 2 is 1.87 bits per heavy atom. The molecule has 0 amide bonds. The molecule has 1 heterocycles. The first-order valence-corrected chi connectivity index (χ1v) is 4.46. The zero-order valence-electron chi connectivity index (χ0n) is 7.85. The van der Waals surface area contributed by atoms with Crippen LogP contribution >= 0.6 is 0 Å². The van der Waals surface area contributed by atoms with Gasteiger partial charge in [-0.3, -0.25) is 9.78 Å². The molecule has 0 N–H and O–H groups in total. The van der Waals surface area contributed by atoms with Crippen molar-refractivity contribution >= 4 is 6.29 Å². The largest absolute Gasteiger partial charge is 0.298 e. The van der Waals surface area contributed by atoms with Crippen molar-refractivity contribution in [3.63, 3.8) is 0 Å². The standard InChI is InChI=1S/C12H8FNO/c13-11-3-1-9(2-4-11)12-7-14-6-5-10(12)8-15/h1-8H. The highest BCUT2D eigenvalue weighted by Gasteiger charge is 2.03. The van der Waals surface area contributed by atoms with Crippen molar-refractivity contribution < 1.29 is 9.18 Å². The van der Waals surface area contributed by atoms with Crippen LogP contribution in [0.3, 0.4) is 0 Å². The smallest absolute Gasteiger partial charge is 0.150 e. The van der Waals surface area contributed by atoms with E-state index in [-0.39, 0.29) is 5.82 Å². The molecule has 0 aliphatic rings. The summed E-state index contributed by atoms with van der Waals surface area (Å²) in [4.78, 5) is 14.7. The van der Waals surface area contributed by atoms with Gasteiger partial charge >= 0.3 is 0 Å². The van der Waals surface area contributed by atoms with Crippen molar-refractivity contribution in [2.45, 2.75) is 0 Å². The molecule has 0 unspecified atom stereocenters. The number of aldehydes is 1. The van der Waals surface area contributed by atoms with Crippen LogP contribution in [0.4, 0.5) is 4.39 Å². The average molecular weight is 201 g/mol. The summed E-state index contributed by atoms with van der Waals surface area (Å²) in [6.07, 6.45) is 3.91. The van der Waals surface area contributed by atoms with Gasteiger partial charge in [0, 0.05) is 23.5 Å². The van der Waals surface area contributed by atoms with Crippen LogP contribution in [0.2, 0.25) is 0 Å². The predicted octanol–water partition coefficient (Wildman–Crippen LogP) is 2.70. The summed E-state index contributed by atoms with van der Waals surface area (Å²) in [5.41, 5.74) is 2.05. The highest BCUT2D eigenvalue weighted by atomic mass is 19.1. The first kappa shape index (κ1) is 9.52. The number of carbonyl (C=O) groups excluding carboxylic acids is 1. The molecular weight excluding hydrogens is 193 g/mol. The number of rotatable bonds is 2. The Balaban J connectivity index is 2.53. The molecule has 0 atom stereocenters. The lowest BCUT2D eigenvalue weighted by atomic mass is 10.0. The summed E-state index contributed by atoms with van der Waals surface area (Å²) in [6, 6.07) is 7.60. The van der Waals surface area contributed by atoms with Crippen molar-refractivity contribution in [3.8, 4) is 11.1 Å². The summed E-state index contributed by atoms with van der Waals surface area (Å²) in [7, 11) is 0. The lowest BCUT2D eigenvalue weighted by Crippen LogP contribution is -1.88. The fraction of sp³-hybridized carbons (Fsp3) is 0. The van der Waals surface area contributed by atoms with Crippen molar-refractivity contribution in [3.05, 3.63) is 54.1 Å². The van der Waals surface area contributed by atoms with Crippen LogP contribution in [0, 0.1) is 5.82 Å². The van der Waals surface area contributed by atoms with Crippen LogP contribution in [0.1, 0.15) is 10.4 Å². The molecule has 0 aliphatic carbocycles. The van der Waals surface area contributed by atoms with Gasteiger partial charge in [0.25, 0.3) is 0 Å². The Morgan fingerprint density at radius 1 is 1.13 bits per heavy atom. The molecule has 0 spiro atoms. The summed E-state index contributed by atoms with van der Waals surface area (Å²) in [5, 5.41) is 0. The van der Waals surface area contributed by atoms with Crippen molar-refractivity contribution in [1.29, 1.82) is 0 Å². The maximum absolute atomic E-state index is 12.7. The third-order valence-electron chi connectivity index (χ3n) is 2.14. The van der Waals surface area contributed by atoms with Gasteiger partial charge in [-0.2, -0.15) is 0 Å². The van der Waals surface area contributed by atoms with Gasteiger partial charge in [-0.15, -0.1) is 0 Å². The number of hydrogen-bond acceptors (Lipinski definition) is 2. The first-order valence-electron chi connectivity index (χ1n) is 4.46. The molecule has 0 fully saturated rings. The number of aromatic nitrogens is 1. The van der Waals surface area contributed by atoms with E-state index in [0.29, 0.717) is 11.1 Å². The number of nitrogens with zero attached hydrogens (tertiary/aromatic N) is 1. The summed E-state index contributed by atoms with van der Waals surface area (Å²) in [5.74, 6) is -0.296. The highest BCUT2D eigenvalue weighted by molar-refractivity contribution is 5.86. The molecule has 1 aromatic heterocycles. The second kappa shape index (κ2) is 4.00. The van der Waals surface area contributed by atoms with E-state index in [1.54, 1.807) is 30.6 Å². The van der Waals surface area contributed by atoms with Gasteiger partial charge in [-0.1, -0.05) is 12.1 Å². The molecule has 0 radical (unpaired) electrons. The Bertz CT molecular complexity index is 479. The van der Waals surface area contributed by atoms with Crippen molar-refractivity contribution in [2.75, 3.05) is 0 Å². The van der Waals surface area contributed by atoms with Gasteiger partial charge in [0.1, 0.15) is 5.82 Å². The maximum Gasteiger partial charge on any atom is 0.150 e. The average Bonchev–Trinajstić information content (AvgIpc) is 2.30. The van der Waals surface area contributed by atoms with Crippen LogP contribution < -0.4 is 0 Å². The monoisotopic (exact) mass is 201 g/mol. The van der Waals surface area contributed by atoms with Crippen LogP contribution in [0.5, 0.6) is 0 Å². The van der Waals surface area contributed by atoms with E-state index in [1.807, 2.05) is 0 Å². The number of benzene rings is 1. The molecule has 0 saturated heterocycles. The topological polar surface area (TPSA) is 30.0 Å². The normalized spacial score (nSPS) is 9.93. The minimum atomic E-state index is -0.296. The molecule has 0 saturated carbocycles. The van der Waals surface area contributed by atoms with Crippen LogP contribution in [0.15, 0.2) is 42.7 Å². The van der Waals surface area contributed by atoms with E-state index < -0.39 is 0 Å². The minimum Gasteiger partial charge on any atom is -0.298 e. The molecule has 2 nitrogen and oxygen atoms in total. The number of carbonyl (C=O) groups is 1. The molecule has 74 valence electrons. The van der Waals surface area contributed by atoms with E-state index >= 15 is 0 Å². The van der Waals surface area contributed by atoms with E-state index in [9.17, 15) is 9.18 Å². The van der Waals surface area contributed by atoms with Crippen LogP contribution in [-0.4, -0.2) is 11.3 Å². The quantitative estimate of drug-likeness (QED) is 0.699. The molecule has 2 rings (SSSR count). The van der Waals surface area contributed by atoms with Crippen molar-refractivity contribution in [2.24, 2.45) is 0 Å². The number of hydrogen-bond donors (Lipinski definition) is 0. The number of pyridine rings is 1. The summed E-state index contributed by atoms with van der Waals surface area (Å²) >= 11 is 0. The molecule has 3 heteroatoms. The molecule has 0 bridgehead atoms. The first-order chi connectivity index (χ1) is 7.31. The van der Waals surface area contributed by atoms with Gasteiger partial charge in [0.2, 0.25) is 0 Å². The maximum atomic E-state index is 12.7. The van der Waals surface area contributed by atoms with Gasteiger partial charge in [-0.05, 0) is 23.8 Å². The zero-order chi connectivity index (χ0) is 10.7. The fourth-order valence-corrected chi connectivity index (χ4v) is 1.38. The molecule has 2 aromatic rings. The lowest BCUT2D eigenvalue weighted by molar-refractivity contribution is 0.112. The third-order valence-corrected chi connectivity index (χ3v) is 2.14. The number of halogens is 1. The SMILES string of the molecule is O=Cc1ccncc1-c1ccc(F)cc1. The van der Waals surface area contributed by atoms with Crippen molar-refractivity contribution in [1.82, 2.24) is 4.98 Å². The van der Waals surface area contributed by atoms with Crippen LogP contribution in [-0.2, 0) is 0 Å². The molecule has 15 heavy (non-hydrogen) atoms. The lowest BCUT2D eigenvalue weighted by Gasteiger charge is -2.03. The second-order valence-electron chi connectivity index (χ2n) is 3.09. The Morgan fingerprint density at radius 3 is 2.53 bits per heavy atom. The van der Waals surface area contributed by atoms with Gasteiger partial charge in [0.15, 0.2) is 6.29 Å². The molecular formula is C12H8FNO. The Hall–Kier alpha value is -2.03. The zero-order valence-corrected chi connectivity index (χ0v) is 7.85. The van der Waals surface area contributed by atoms with Gasteiger partial charge in [0.05, 0.1) is 0 Å². The molecule has 0 aliphatic heterocycles. The Kier molecular flexibility index (Phi) is 2.54. The van der Waals surface area contributed by atoms with E-state index in [4.69, 9.17) is 0 Å². The van der Waals surface area contributed by atoms with Crippen LogP contribution in [0.25, 0.3) is 11.1 Å². The predicted molar refractivity (Wildman–Crippen MR) is 55.0 cm³/mol. The van der Waals surface area contributed by atoms with E-state index in [2.05, 4.69) is 4.98 Å². The van der Waals surface area contributed by atoms with Gasteiger partial charge in [-0.25, -0.2) is 4.39 Å². The highest BCUT2D eigenvalue weighted by Crippen LogP contribution is 2.21. The third kappa shape index (κ3) is 1.91. The summed E-state index contributed by atoms with van der Waals surface area (Å²) in [6.45, 7) is 0. The van der Waals surface area contributed by atoms with E-state index in [0.717, 1.165) is 11.8 Å².